The van der Waals surface area contributed by atoms with Gasteiger partial charge in [-0.05, 0) is 59.8 Å². The summed E-state index contributed by atoms with van der Waals surface area (Å²) in [5, 5.41) is 0. The van der Waals surface area contributed by atoms with E-state index in [0.29, 0.717) is 0 Å². The van der Waals surface area contributed by atoms with E-state index >= 15 is 0 Å². The minimum Gasteiger partial charge on any atom is -0.466 e. The third kappa shape index (κ3) is 13.2. The van der Waals surface area contributed by atoms with E-state index in [2.05, 4.69) is 50.7 Å². The van der Waals surface area contributed by atoms with Gasteiger partial charge in [-0.3, -0.25) is 0 Å². The van der Waals surface area contributed by atoms with E-state index < -0.39 is 0 Å². The lowest BCUT2D eigenvalue weighted by Crippen LogP contribution is -1.93. The Morgan fingerprint density at radius 2 is 1.48 bits per heavy atom. The second kappa shape index (κ2) is 12.2. The zero-order chi connectivity index (χ0) is 16.1. The number of carbonyl (C=O) groups excluding carboxylic acids is 1. The Hall–Kier alpha value is -1.57. The van der Waals surface area contributed by atoms with Crippen molar-refractivity contribution in [1.82, 2.24) is 0 Å². The van der Waals surface area contributed by atoms with Crippen LogP contribution in [-0.4, -0.2) is 13.1 Å². The van der Waals surface area contributed by atoms with Crippen molar-refractivity contribution in [2.24, 2.45) is 0 Å². The SMILES string of the molecule is COC(=O)C=CCC=C(C)CCC=C(C)CCC=C(C)C. The molecule has 0 spiro atoms. The molecule has 0 unspecified atom stereocenters. The molecule has 0 saturated carbocycles. The second-order valence-electron chi connectivity index (χ2n) is 5.62. The van der Waals surface area contributed by atoms with Gasteiger partial charge in [-0.2, -0.15) is 0 Å². The molecule has 0 radical (unpaired) electrons. The number of allylic oxidation sites excluding steroid dienone is 7. The Bertz CT molecular complexity index is 419. The van der Waals surface area contributed by atoms with Crippen LogP contribution in [0, 0.1) is 0 Å². The monoisotopic (exact) mass is 290 g/mol. The van der Waals surface area contributed by atoms with Crippen LogP contribution in [0.25, 0.3) is 0 Å². The van der Waals surface area contributed by atoms with Gasteiger partial charge in [-0.15, -0.1) is 0 Å². The average Bonchev–Trinajstić information content (AvgIpc) is 2.42. The Labute approximate surface area is 130 Å². The molecule has 0 aliphatic rings. The molecule has 0 aliphatic carbocycles. The first kappa shape index (κ1) is 19.4. The van der Waals surface area contributed by atoms with Crippen molar-refractivity contribution in [2.45, 2.75) is 59.8 Å². The quantitative estimate of drug-likeness (QED) is 0.317. The van der Waals surface area contributed by atoms with Crippen LogP contribution in [0.5, 0.6) is 0 Å². The van der Waals surface area contributed by atoms with Crippen LogP contribution < -0.4 is 0 Å². The summed E-state index contributed by atoms with van der Waals surface area (Å²) in [5.74, 6) is -0.295. The molecule has 0 amide bonds. The van der Waals surface area contributed by atoms with Crippen LogP contribution in [0.1, 0.15) is 59.8 Å². The zero-order valence-corrected chi connectivity index (χ0v) is 14.2. The molecule has 0 rings (SSSR count). The van der Waals surface area contributed by atoms with Gasteiger partial charge in [-0.25, -0.2) is 4.79 Å². The molecule has 0 N–H and O–H groups in total. The molecule has 21 heavy (non-hydrogen) atoms. The van der Waals surface area contributed by atoms with Crippen LogP contribution in [0.2, 0.25) is 0 Å². The number of carbonyl (C=O) groups is 1. The van der Waals surface area contributed by atoms with E-state index in [4.69, 9.17) is 0 Å². The van der Waals surface area contributed by atoms with Crippen molar-refractivity contribution >= 4 is 5.97 Å². The Kier molecular flexibility index (Phi) is 11.3. The summed E-state index contributed by atoms with van der Waals surface area (Å²) < 4.78 is 4.54. The van der Waals surface area contributed by atoms with Gasteiger partial charge in [0.15, 0.2) is 0 Å². The van der Waals surface area contributed by atoms with Gasteiger partial charge in [0, 0.05) is 6.08 Å². The Morgan fingerprint density at radius 1 is 0.905 bits per heavy atom. The summed E-state index contributed by atoms with van der Waals surface area (Å²) in [6.45, 7) is 8.62. The Balaban J connectivity index is 3.96. The summed E-state index contributed by atoms with van der Waals surface area (Å²) in [4.78, 5) is 10.9. The van der Waals surface area contributed by atoms with Gasteiger partial charge in [0.1, 0.15) is 0 Å². The molecular formula is C19H30O2. The maximum Gasteiger partial charge on any atom is 0.330 e. The van der Waals surface area contributed by atoms with E-state index in [0.717, 1.165) is 32.1 Å². The normalized spacial score (nSPS) is 12.6. The molecular weight excluding hydrogens is 260 g/mol. The van der Waals surface area contributed by atoms with Crippen molar-refractivity contribution in [3.8, 4) is 0 Å². The summed E-state index contributed by atoms with van der Waals surface area (Å²) >= 11 is 0. The molecule has 0 bridgehead atoms. The molecule has 0 fully saturated rings. The number of ether oxygens (including phenoxy) is 1. The predicted molar refractivity (Wildman–Crippen MR) is 91.2 cm³/mol. The highest BCUT2D eigenvalue weighted by atomic mass is 16.5. The van der Waals surface area contributed by atoms with Gasteiger partial charge in [0.25, 0.3) is 0 Å². The summed E-state index contributed by atoms with van der Waals surface area (Å²) in [7, 11) is 1.39. The molecule has 0 saturated heterocycles. The lowest BCUT2D eigenvalue weighted by molar-refractivity contribution is -0.134. The van der Waals surface area contributed by atoms with E-state index in [1.54, 1.807) is 0 Å². The fourth-order valence-electron chi connectivity index (χ4n) is 1.84. The number of esters is 1. The van der Waals surface area contributed by atoms with E-state index in [9.17, 15) is 4.79 Å². The first-order chi connectivity index (χ1) is 9.95. The maximum atomic E-state index is 10.9. The topological polar surface area (TPSA) is 26.3 Å². The minimum atomic E-state index is -0.295. The van der Waals surface area contributed by atoms with E-state index in [1.165, 1.54) is 29.9 Å². The van der Waals surface area contributed by atoms with Crippen molar-refractivity contribution in [3.05, 3.63) is 47.1 Å². The van der Waals surface area contributed by atoms with Crippen LogP contribution in [-0.2, 0) is 9.53 Å². The molecule has 0 atom stereocenters. The zero-order valence-electron chi connectivity index (χ0n) is 14.2. The van der Waals surface area contributed by atoms with E-state index in [1.807, 2.05) is 6.08 Å². The fraction of sp³-hybridized carbons (Fsp3) is 0.526. The number of rotatable bonds is 9. The number of methoxy groups -OCH3 is 1. The first-order valence-corrected chi connectivity index (χ1v) is 7.64. The van der Waals surface area contributed by atoms with Crippen LogP contribution in [0.3, 0.4) is 0 Å². The molecule has 0 aliphatic heterocycles. The molecule has 0 aromatic heterocycles. The summed E-state index contributed by atoms with van der Waals surface area (Å²) in [5.41, 5.74) is 4.21. The molecule has 0 heterocycles. The standard InChI is InChI=1S/C19H30O2/c1-16(2)10-8-12-18(4)14-9-13-17(3)11-6-7-15-19(20)21-5/h7,10-11,14-15H,6,8-9,12-13H2,1-5H3. The number of hydrogen-bond donors (Lipinski definition) is 0. The largest absolute Gasteiger partial charge is 0.466 e. The van der Waals surface area contributed by atoms with Crippen LogP contribution in [0.4, 0.5) is 0 Å². The lowest BCUT2D eigenvalue weighted by atomic mass is 10.1. The third-order valence-corrected chi connectivity index (χ3v) is 3.18. The molecule has 2 nitrogen and oxygen atoms in total. The summed E-state index contributed by atoms with van der Waals surface area (Å²) in [6, 6.07) is 0. The van der Waals surface area contributed by atoms with Gasteiger partial charge in [-0.1, -0.05) is 41.0 Å². The molecule has 0 aromatic rings. The Morgan fingerprint density at radius 3 is 2.05 bits per heavy atom. The van der Waals surface area contributed by atoms with Crippen molar-refractivity contribution in [2.75, 3.05) is 7.11 Å². The van der Waals surface area contributed by atoms with Crippen LogP contribution in [0.15, 0.2) is 47.1 Å². The highest BCUT2D eigenvalue weighted by Crippen LogP contribution is 2.11. The average molecular weight is 290 g/mol. The van der Waals surface area contributed by atoms with E-state index in [-0.39, 0.29) is 5.97 Å². The second-order valence-corrected chi connectivity index (χ2v) is 5.62. The van der Waals surface area contributed by atoms with Crippen molar-refractivity contribution in [1.29, 1.82) is 0 Å². The minimum absolute atomic E-state index is 0.295. The lowest BCUT2D eigenvalue weighted by Gasteiger charge is -2.01. The van der Waals surface area contributed by atoms with Gasteiger partial charge < -0.3 is 4.74 Å². The van der Waals surface area contributed by atoms with Crippen LogP contribution >= 0.6 is 0 Å². The van der Waals surface area contributed by atoms with Crippen molar-refractivity contribution in [3.63, 3.8) is 0 Å². The third-order valence-electron chi connectivity index (χ3n) is 3.18. The highest BCUT2D eigenvalue weighted by Gasteiger charge is 1.92. The molecule has 2 heteroatoms. The maximum absolute atomic E-state index is 10.9. The smallest absolute Gasteiger partial charge is 0.330 e. The molecule has 118 valence electrons. The first-order valence-electron chi connectivity index (χ1n) is 7.64. The van der Waals surface area contributed by atoms with Crippen molar-refractivity contribution < 1.29 is 9.53 Å². The molecule has 0 aromatic carbocycles. The highest BCUT2D eigenvalue weighted by molar-refractivity contribution is 5.81. The van der Waals surface area contributed by atoms with Gasteiger partial charge in [0.05, 0.1) is 7.11 Å². The number of hydrogen-bond acceptors (Lipinski definition) is 2. The summed E-state index contributed by atoms with van der Waals surface area (Å²) in [6.07, 6.45) is 15.3. The predicted octanol–water partition coefficient (Wildman–Crippen LogP) is 5.52. The van der Waals surface area contributed by atoms with Gasteiger partial charge >= 0.3 is 5.97 Å². The van der Waals surface area contributed by atoms with Gasteiger partial charge in [0.2, 0.25) is 0 Å². The fourth-order valence-corrected chi connectivity index (χ4v) is 1.84.